The maximum Gasteiger partial charge on any atom is 0.416 e. The molecule has 0 bridgehead atoms. The maximum atomic E-state index is 13.0. The van der Waals surface area contributed by atoms with E-state index in [9.17, 15) is 22.0 Å². The van der Waals surface area contributed by atoms with Crippen molar-refractivity contribution in [1.29, 1.82) is 0 Å². The predicted octanol–water partition coefficient (Wildman–Crippen LogP) is 4.00. The Morgan fingerprint density at radius 3 is 2.53 bits per heavy atom. The van der Waals surface area contributed by atoms with E-state index in [-0.39, 0.29) is 18.4 Å². The van der Waals surface area contributed by atoms with E-state index in [4.69, 9.17) is 0 Å². The van der Waals surface area contributed by atoms with E-state index < -0.39 is 30.0 Å². The zero-order chi connectivity index (χ0) is 12.7. The lowest BCUT2D eigenvalue weighted by atomic mass is 9.94. The Balaban J connectivity index is 2.34. The monoisotopic (exact) mass is 251 g/mol. The fourth-order valence-electron chi connectivity index (χ4n) is 2.21. The van der Waals surface area contributed by atoms with E-state index in [2.05, 4.69) is 4.98 Å². The van der Waals surface area contributed by atoms with Gasteiger partial charge in [0.25, 0.3) is 0 Å². The Morgan fingerprint density at radius 2 is 2.00 bits per heavy atom. The Hall–Kier alpha value is -1.20. The Bertz CT molecular complexity index is 413. The minimum Gasteiger partial charge on any atom is -0.264 e. The lowest BCUT2D eigenvalue weighted by Gasteiger charge is -2.16. The molecule has 94 valence electrons. The van der Waals surface area contributed by atoms with Crippen LogP contribution in [0.4, 0.5) is 22.0 Å². The van der Waals surface area contributed by atoms with Gasteiger partial charge in [-0.2, -0.15) is 13.2 Å². The van der Waals surface area contributed by atoms with Crippen molar-refractivity contribution in [1.82, 2.24) is 4.98 Å². The van der Waals surface area contributed by atoms with Gasteiger partial charge in [0.2, 0.25) is 5.92 Å². The number of nitrogens with zero attached hydrogens (tertiary/aromatic N) is 1. The molecule has 0 amide bonds. The summed E-state index contributed by atoms with van der Waals surface area (Å²) >= 11 is 0. The van der Waals surface area contributed by atoms with Crippen LogP contribution in [0.5, 0.6) is 0 Å². The van der Waals surface area contributed by atoms with E-state index in [1.807, 2.05) is 0 Å². The summed E-state index contributed by atoms with van der Waals surface area (Å²) in [7, 11) is 0. The number of alkyl halides is 5. The second-order valence-corrected chi connectivity index (χ2v) is 4.26. The molecule has 0 saturated heterocycles. The van der Waals surface area contributed by atoms with E-state index >= 15 is 0 Å². The summed E-state index contributed by atoms with van der Waals surface area (Å²) in [6.45, 7) is 0. The molecule has 1 aliphatic rings. The molecule has 1 aliphatic carbocycles. The molecule has 1 aromatic heterocycles. The van der Waals surface area contributed by atoms with Gasteiger partial charge in [-0.3, -0.25) is 4.98 Å². The van der Waals surface area contributed by atoms with Crippen LogP contribution in [0.3, 0.4) is 0 Å². The zero-order valence-corrected chi connectivity index (χ0v) is 8.77. The zero-order valence-electron chi connectivity index (χ0n) is 8.77. The first kappa shape index (κ1) is 12.3. The van der Waals surface area contributed by atoms with Crippen LogP contribution in [0.15, 0.2) is 18.5 Å². The van der Waals surface area contributed by atoms with Gasteiger partial charge < -0.3 is 0 Å². The number of aromatic nitrogens is 1. The summed E-state index contributed by atoms with van der Waals surface area (Å²) < 4.78 is 64.1. The van der Waals surface area contributed by atoms with Crippen LogP contribution in [-0.2, 0) is 6.18 Å². The van der Waals surface area contributed by atoms with Gasteiger partial charge in [-0.15, -0.1) is 0 Å². The van der Waals surface area contributed by atoms with Gasteiger partial charge in [0.1, 0.15) is 0 Å². The summed E-state index contributed by atoms with van der Waals surface area (Å²) in [4.78, 5) is 3.61. The molecule has 1 unspecified atom stereocenters. The largest absolute Gasteiger partial charge is 0.416 e. The summed E-state index contributed by atoms with van der Waals surface area (Å²) in [5.41, 5.74) is -0.965. The van der Waals surface area contributed by atoms with Gasteiger partial charge in [-0.05, 0) is 24.0 Å². The maximum absolute atomic E-state index is 13.0. The summed E-state index contributed by atoms with van der Waals surface area (Å²) in [6, 6.07) is 0.839. The van der Waals surface area contributed by atoms with Gasteiger partial charge in [-0.25, -0.2) is 8.78 Å². The molecule has 0 radical (unpaired) electrons. The molecule has 17 heavy (non-hydrogen) atoms. The van der Waals surface area contributed by atoms with E-state index in [1.165, 1.54) is 0 Å². The van der Waals surface area contributed by atoms with Crippen LogP contribution >= 0.6 is 0 Å². The van der Waals surface area contributed by atoms with Gasteiger partial charge >= 0.3 is 6.18 Å². The van der Waals surface area contributed by atoms with Crippen LogP contribution in [0.2, 0.25) is 0 Å². The molecule has 0 spiro atoms. The first-order valence-electron chi connectivity index (χ1n) is 5.18. The van der Waals surface area contributed by atoms with Crippen molar-refractivity contribution < 1.29 is 22.0 Å². The molecule has 1 aromatic rings. The average Bonchev–Trinajstić information content (AvgIpc) is 2.58. The molecule has 1 atom stereocenters. The molecule has 0 aliphatic heterocycles. The Morgan fingerprint density at radius 1 is 1.29 bits per heavy atom. The standard InChI is InChI=1S/C11H10F5N/c12-10(13)3-1-7(5-10)8-6-17-4-2-9(8)11(14,15)16/h2,4,6-7H,1,3,5H2. The molecule has 1 nitrogen and oxygen atoms in total. The molecule has 2 rings (SSSR count). The van der Waals surface area contributed by atoms with Crippen LogP contribution in [0, 0.1) is 0 Å². The molecule has 0 aromatic carbocycles. The topological polar surface area (TPSA) is 12.9 Å². The Kier molecular flexibility index (Phi) is 2.83. The van der Waals surface area contributed by atoms with Crippen LogP contribution in [0.1, 0.15) is 36.3 Å². The summed E-state index contributed by atoms with van der Waals surface area (Å²) in [6.07, 6.45) is -3.25. The fourth-order valence-corrected chi connectivity index (χ4v) is 2.21. The first-order chi connectivity index (χ1) is 7.80. The van der Waals surface area contributed by atoms with E-state index in [0.717, 1.165) is 18.5 Å². The SMILES string of the molecule is FC1(F)CCC(c2cnccc2C(F)(F)F)C1. The van der Waals surface area contributed by atoms with E-state index in [1.54, 1.807) is 0 Å². The smallest absolute Gasteiger partial charge is 0.264 e. The normalized spacial score (nSPS) is 23.9. The minimum absolute atomic E-state index is 0.0712. The third kappa shape index (κ3) is 2.56. The van der Waals surface area contributed by atoms with Gasteiger partial charge in [-0.1, -0.05) is 0 Å². The van der Waals surface area contributed by atoms with Crippen molar-refractivity contribution in [2.45, 2.75) is 37.3 Å². The highest BCUT2D eigenvalue weighted by Crippen LogP contribution is 2.46. The number of pyridine rings is 1. The molecule has 1 saturated carbocycles. The molecular formula is C11H10F5N. The number of hydrogen-bond acceptors (Lipinski definition) is 1. The van der Waals surface area contributed by atoms with Gasteiger partial charge in [0.15, 0.2) is 0 Å². The average molecular weight is 251 g/mol. The number of halogens is 5. The highest BCUT2D eigenvalue weighted by molar-refractivity contribution is 5.30. The minimum atomic E-state index is -4.52. The van der Waals surface area contributed by atoms with Crippen molar-refractivity contribution in [2.24, 2.45) is 0 Å². The van der Waals surface area contributed by atoms with E-state index in [0.29, 0.717) is 0 Å². The molecular weight excluding hydrogens is 241 g/mol. The highest BCUT2D eigenvalue weighted by atomic mass is 19.4. The fraction of sp³-hybridized carbons (Fsp3) is 0.545. The number of rotatable bonds is 1. The van der Waals surface area contributed by atoms with Crippen molar-refractivity contribution in [2.75, 3.05) is 0 Å². The van der Waals surface area contributed by atoms with Gasteiger partial charge in [0.05, 0.1) is 5.56 Å². The van der Waals surface area contributed by atoms with Gasteiger partial charge in [0, 0.05) is 25.2 Å². The van der Waals surface area contributed by atoms with Crippen LogP contribution < -0.4 is 0 Å². The third-order valence-electron chi connectivity index (χ3n) is 3.00. The molecule has 6 heteroatoms. The molecule has 1 fully saturated rings. The van der Waals surface area contributed by atoms with Crippen molar-refractivity contribution >= 4 is 0 Å². The second-order valence-electron chi connectivity index (χ2n) is 4.26. The highest BCUT2D eigenvalue weighted by Gasteiger charge is 2.43. The molecule has 1 heterocycles. The van der Waals surface area contributed by atoms with Crippen LogP contribution in [0.25, 0.3) is 0 Å². The summed E-state index contributed by atoms with van der Waals surface area (Å²) in [5.74, 6) is -3.61. The first-order valence-corrected chi connectivity index (χ1v) is 5.18. The molecule has 0 N–H and O–H groups in total. The summed E-state index contributed by atoms with van der Waals surface area (Å²) in [5, 5.41) is 0. The lowest BCUT2D eigenvalue weighted by Crippen LogP contribution is -2.13. The number of hydrogen-bond donors (Lipinski definition) is 0. The van der Waals surface area contributed by atoms with Crippen molar-refractivity contribution in [3.05, 3.63) is 29.6 Å². The van der Waals surface area contributed by atoms with Crippen molar-refractivity contribution in [3.63, 3.8) is 0 Å². The Labute approximate surface area is 94.7 Å². The quantitative estimate of drug-likeness (QED) is 0.687. The predicted molar refractivity (Wildman–Crippen MR) is 50.8 cm³/mol. The van der Waals surface area contributed by atoms with Crippen molar-refractivity contribution in [3.8, 4) is 0 Å². The second kappa shape index (κ2) is 3.92. The van der Waals surface area contributed by atoms with Crippen LogP contribution in [-0.4, -0.2) is 10.9 Å². The lowest BCUT2D eigenvalue weighted by molar-refractivity contribution is -0.138. The third-order valence-corrected chi connectivity index (χ3v) is 3.00.